The summed E-state index contributed by atoms with van der Waals surface area (Å²) in [5.74, 6) is -7.33. The van der Waals surface area contributed by atoms with Gasteiger partial charge in [-0.25, -0.2) is 8.78 Å². The molecule has 2 saturated heterocycles. The molecule has 0 spiro atoms. The van der Waals surface area contributed by atoms with Crippen LogP contribution in [0.1, 0.15) is 36.8 Å². The minimum absolute atomic E-state index is 0.0351. The van der Waals surface area contributed by atoms with Gasteiger partial charge in [-0.2, -0.15) is 5.26 Å². The summed E-state index contributed by atoms with van der Waals surface area (Å²) in [6.45, 7) is 0.102. The fourth-order valence-corrected chi connectivity index (χ4v) is 7.01. The fraction of sp³-hybridized carbons (Fsp3) is 0.448. The second-order valence-corrected chi connectivity index (χ2v) is 11.0. The minimum Gasteiger partial charge on any atom is -0.372 e. The molecule has 2 aromatic rings. The lowest BCUT2D eigenvalue weighted by molar-refractivity contribution is -0.153. The normalized spacial score (nSPS) is 28.2. The zero-order chi connectivity index (χ0) is 27.5. The van der Waals surface area contributed by atoms with Crippen LogP contribution in [0.4, 0.5) is 8.78 Å². The van der Waals surface area contributed by atoms with Crippen molar-refractivity contribution in [3.8, 4) is 17.2 Å². The zero-order valence-electron chi connectivity index (χ0n) is 21.1. The highest BCUT2D eigenvalue weighted by Gasteiger charge is 2.63. The highest BCUT2D eigenvalue weighted by molar-refractivity contribution is 6.01. The summed E-state index contributed by atoms with van der Waals surface area (Å²) >= 11 is 0. The molecule has 2 aliphatic carbocycles. The standard InChI is InChI=1S/C29H28F2N4O4/c30-28(31)11-9-20-23(28)15-35(24(20)26(37)34-17(14-32)13-16-10-12-33-25(16)36)27(38)29(39)21-7-3-1-5-18(21)19-6-2-4-8-22(19)29/h1-8,16-17,20,23-24,39H,9-13,15H2,(H,33,36)(H,34,37)/t16-,17-,20+,23+,24+/m1/s1. The summed E-state index contributed by atoms with van der Waals surface area (Å²) in [6.07, 6.45) is 0.259. The number of fused-ring (bicyclic) bond motifs is 4. The van der Waals surface area contributed by atoms with Gasteiger partial charge < -0.3 is 20.6 Å². The molecule has 2 aromatic carbocycles. The molecule has 39 heavy (non-hydrogen) atoms. The number of amides is 3. The first-order valence-electron chi connectivity index (χ1n) is 13.2. The van der Waals surface area contributed by atoms with E-state index < -0.39 is 59.6 Å². The van der Waals surface area contributed by atoms with Crippen molar-refractivity contribution >= 4 is 17.7 Å². The minimum atomic E-state index is -3.07. The number of nitrogens with one attached hydrogen (secondary N) is 2. The lowest BCUT2D eigenvalue weighted by Gasteiger charge is -2.34. The highest BCUT2D eigenvalue weighted by Crippen LogP contribution is 2.54. The maximum atomic E-state index is 14.9. The maximum absolute atomic E-state index is 14.9. The Kier molecular flexibility index (Phi) is 5.95. The van der Waals surface area contributed by atoms with Crippen LogP contribution in [0.5, 0.6) is 0 Å². The van der Waals surface area contributed by atoms with Gasteiger partial charge in [-0.15, -0.1) is 0 Å². The summed E-state index contributed by atoms with van der Waals surface area (Å²) in [4.78, 5) is 41.0. The average molecular weight is 535 g/mol. The molecule has 4 aliphatic rings. The van der Waals surface area contributed by atoms with Crippen LogP contribution in [-0.2, 0) is 20.0 Å². The van der Waals surface area contributed by atoms with E-state index in [-0.39, 0.29) is 25.3 Å². The van der Waals surface area contributed by atoms with E-state index in [9.17, 15) is 33.5 Å². The number of aliphatic hydroxyl groups is 1. The summed E-state index contributed by atoms with van der Waals surface area (Å²) in [7, 11) is 0. The molecule has 10 heteroatoms. The van der Waals surface area contributed by atoms with Gasteiger partial charge in [-0.1, -0.05) is 48.5 Å². The van der Waals surface area contributed by atoms with Gasteiger partial charge in [0.25, 0.3) is 11.8 Å². The summed E-state index contributed by atoms with van der Waals surface area (Å²) in [5.41, 5.74) is -0.165. The van der Waals surface area contributed by atoms with Crippen LogP contribution < -0.4 is 10.6 Å². The number of benzene rings is 2. The van der Waals surface area contributed by atoms with Gasteiger partial charge in [0, 0.05) is 42.5 Å². The molecular weight excluding hydrogens is 506 g/mol. The molecule has 2 heterocycles. The van der Waals surface area contributed by atoms with Gasteiger partial charge in [0.2, 0.25) is 11.8 Å². The Morgan fingerprint density at radius 3 is 2.36 bits per heavy atom. The molecule has 5 atom stereocenters. The summed E-state index contributed by atoms with van der Waals surface area (Å²) in [6, 6.07) is 13.5. The number of rotatable bonds is 5. The largest absolute Gasteiger partial charge is 0.372 e. The Morgan fingerprint density at radius 1 is 1.13 bits per heavy atom. The van der Waals surface area contributed by atoms with E-state index in [1.807, 2.05) is 6.07 Å². The van der Waals surface area contributed by atoms with Crippen molar-refractivity contribution in [1.29, 1.82) is 5.26 Å². The van der Waals surface area contributed by atoms with Crippen LogP contribution in [0, 0.1) is 29.1 Å². The predicted octanol–water partition coefficient (Wildman–Crippen LogP) is 2.31. The van der Waals surface area contributed by atoms with Crippen molar-refractivity contribution in [3.05, 3.63) is 59.7 Å². The molecule has 0 unspecified atom stereocenters. The van der Waals surface area contributed by atoms with Crippen molar-refractivity contribution in [2.45, 2.75) is 49.3 Å². The van der Waals surface area contributed by atoms with Crippen molar-refractivity contribution in [3.63, 3.8) is 0 Å². The number of alkyl halides is 2. The van der Waals surface area contributed by atoms with Crippen LogP contribution in [-0.4, -0.2) is 58.8 Å². The molecule has 0 aromatic heterocycles. The maximum Gasteiger partial charge on any atom is 0.264 e. The van der Waals surface area contributed by atoms with Crippen LogP contribution in [0.15, 0.2) is 48.5 Å². The molecule has 8 nitrogen and oxygen atoms in total. The SMILES string of the molecule is N#C[C@@H](C[C@H]1CCNC1=O)NC(=O)[C@@H]1[C@H]2CCC(F)(F)[C@H]2CN1C(=O)C1(O)c2ccccc2-c2ccccc21. The monoisotopic (exact) mass is 534 g/mol. The molecule has 6 rings (SSSR count). The molecule has 3 fully saturated rings. The van der Waals surface area contributed by atoms with Gasteiger partial charge >= 0.3 is 0 Å². The average Bonchev–Trinajstić information content (AvgIpc) is 3.66. The van der Waals surface area contributed by atoms with E-state index in [2.05, 4.69) is 10.6 Å². The highest BCUT2D eigenvalue weighted by atomic mass is 19.3. The van der Waals surface area contributed by atoms with Gasteiger partial charge in [-0.3, -0.25) is 14.4 Å². The number of hydrogen-bond acceptors (Lipinski definition) is 5. The lowest BCUT2D eigenvalue weighted by Crippen LogP contribution is -2.55. The van der Waals surface area contributed by atoms with Gasteiger partial charge in [0.1, 0.15) is 12.1 Å². The van der Waals surface area contributed by atoms with E-state index in [0.717, 1.165) is 4.90 Å². The fourth-order valence-electron chi connectivity index (χ4n) is 7.01. The van der Waals surface area contributed by atoms with Crippen LogP contribution >= 0.6 is 0 Å². The summed E-state index contributed by atoms with van der Waals surface area (Å²) < 4.78 is 29.9. The number of halogens is 2. The Hall–Kier alpha value is -3.84. The predicted molar refractivity (Wildman–Crippen MR) is 135 cm³/mol. The number of likely N-dealkylation sites (tertiary alicyclic amines) is 1. The van der Waals surface area contributed by atoms with E-state index in [4.69, 9.17) is 0 Å². The zero-order valence-corrected chi connectivity index (χ0v) is 21.1. The summed E-state index contributed by atoms with van der Waals surface area (Å²) in [5, 5.41) is 27.1. The lowest BCUT2D eigenvalue weighted by atomic mass is 9.88. The second-order valence-electron chi connectivity index (χ2n) is 11.0. The molecule has 0 bridgehead atoms. The van der Waals surface area contributed by atoms with Crippen molar-refractivity contribution in [2.24, 2.45) is 17.8 Å². The van der Waals surface area contributed by atoms with E-state index in [0.29, 0.717) is 35.2 Å². The quantitative estimate of drug-likeness (QED) is 0.544. The third-order valence-electron chi connectivity index (χ3n) is 8.92. The van der Waals surface area contributed by atoms with Crippen molar-refractivity contribution in [2.75, 3.05) is 13.1 Å². The van der Waals surface area contributed by atoms with Crippen LogP contribution in [0.3, 0.4) is 0 Å². The number of nitrogens with zero attached hydrogens (tertiary/aromatic N) is 2. The van der Waals surface area contributed by atoms with Crippen LogP contribution in [0.2, 0.25) is 0 Å². The molecular formula is C29H28F2N4O4. The van der Waals surface area contributed by atoms with Crippen LogP contribution in [0.25, 0.3) is 11.1 Å². The first kappa shape index (κ1) is 25.4. The number of hydrogen-bond donors (Lipinski definition) is 3. The molecule has 1 saturated carbocycles. The smallest absolute Gasteiger partial charge is 0.264 e. The van der Waals surface area contributed by atoms with E-state index in [1.54, 1.807) is 48.5 Å². The topological polar surface area (TPSA) is 123 Å². The molecule has 2 aliphatic heterocycles. The molecule has 0 radical (unpaired) electrons. The van der Waals surface area contributed by atoms with Gasteiger partial charge in [-0.05, 0) is 36.3 Å². The van der Waals surface area contributed by atoms with E-state index >= 15 is 0 Å². The Morgan fingerprint density at radius 2 is 1.77 bits per heavy atom. The van der Waals surface area contributed by atoms with Crippen molar-refractivity contribution in [1.82, 2.24) is 15.5 Å². The van der Waals surface area contributed by atoms with E-state index in [1.165, 1.54) is 0 Å². The second kappa shape index (κ2) is 9.12. The number of nitriles is 1. The molecule has 202 valence electrons. The molecule has 3 amide bonds. The third-order valence-corrected chi connectivity index (χ3v) is 8.92. The Balaban J connectivity index is 1.35. The van der Waals surface area contributed by atoms with Crippen molar-refractivity contribution < 1.29 is 28.3 Å². The molecule has 3 N–H and O–H groups in total. The Labute approximate surface area is 224 Å². The first-order chi connectivity index (χ1) is 18.7. The number of carbonyl (C=O) groups is 3. The van der Waals surface area contributed by atoms with Gasteiger partial charge in [0.05, 0.1) is 6.07 Å². The first-order valence-corrected chi connectivity index (χ1v) is 13.2. The Bertz CT molecular complexity index is 1360. The number of carbonyl (C=O) groups excluding carboxylic acids is 3. The third kappa shape index (κ3) is 3.82. The van der Waals surface area contributed by atoms with Gasteiger partial charge in [0.15, 0.2) is 5.60 Å².